The molecule has 5 aromatic heterocycles. The number of pyridine rings is 1. The van der Waals surface area contributed by atoms with Crippen molar-refractivity contribution in [2.75, 3.05) is 0 Å². The van der Waals surface area contributed by atoms with Crippen LogP contribution in [0.2, 0.25) is 0 Å². The van der Waals surface area contributed by atoms with Gasteiger partial charge in [0.05, 0.1) is 28.0 Å². The highest BCUT2D eigenvalue weighted by molar-refractivity contribution is 7.17. The molecule has 6 rings (SSSR count). The average molecular weight is 437 g/mol. The molecule has 0 unspecified atom stereocenters. The van der Waals surface area contributed by atoms with Gasteiger partial charge in [-0.3, -0.25) is 19.9 Å². The maximum absolute atomic E-state index is 11.7. The van der Waals surface area contributed by atoms with Gasteiger partial charge in [0.2, 0.25) is 0 Å². The molecule has 5 heterocycles. The van der Waals surface area contributed by atoms with Gasteiger partial charge in [0.1, 0.15) is 11.3 Å². The van der Waals surface area contributed by atoms with Gasteiger partial charge in [0, 0.05) is 45.4 Å². The van der Waals surface area contributed by atoms with Crippen LogP contribution in [0.1, 0.15) is 16.6 Å². The first kappa shape index (κ1) is 18.6. The van der Waals surface area contributed by atoms with E-state index < -0.39 is 0 Å². The molecule has 6 aromatic rings. The van der Waals surface area contributed by atoms with E-state index in [1.807, 2.05) is 30.3 Å². The molecule has 0 saturated carbocycles. The van der Waals surface area contributed by atoms with Crippen LogP contribution in [-0.2, 0) is 0 Å². The van der Waals surface area contributed by atoms with Gasteiger partial charge in [-0.25, -0.2) is 4.98 Å². The Morgan fingerprint density at radius 1 is 0.969 bits per heavy atom. The standard InChI is InChI=1S/C24H16N6OS/c1-13(31)21-4-5-22(32-21)15-6-7-27-24-16(15)11-19(28-24)23-17-10-14(2-3-18(17)29-30-23)20-12-25-8-9-26-20/h2-12H,1H3,(H,27,28)(H,29,30). The summed E-state index contributed by atoms with van der Waals surface area (Å²) in [4.78, 5) is 30.0. The predicted octanol–water partition coefficient (Wildman–Crippen LogP) is 5.49. The molecule has 0 aliphatic rings. The van der Waals surface area contributed by atoms with Crippen LogP contribution < -0.4 is 0 Å². The topological polar surface area (TPSA) is 100 Å². The van der Waals surface area contributed by atoms with Crippen molar-refractivity contribution >= 4 is 39.1 Å². The van der Waals surface area contributed by atoms with Crippen LogP contribution in [0.5, 0.6) is 0 Å². The number of nitrogens with zero attached hydrogens (tertiary/aromatic N) is 4. The molecule has 0 spiro atoms. The van der Waals surface area contributed by atoms with Crippen molar-refractivity contribution in [2.24, 2.45) is 0 Å². The zero-order valence-corrected chi connectivity index (χ0v) is 17.8. The first-order valence-electron chi connectivity index (χ1n) is 10.0. The third kappa shape index (κ3) is 3.00. The summed E-state index contributed by atoms with van der Waals surface area (Å²) in [6.07, 6.45) is 6.87. The molecule has 154 valence electrons. The number of Topliss-reactive ketones (excluding diaryl/α,β-unsaturated/α-hetero) is 1. The molecular formula is C24H16N6OS. The summed E-state index contributed by atoms with van der Waals surface area (Å²) in [5.41, 5.74) is 6.20. The zero-order valence-electron chi connectivity index (χ0n) is 17.0. The van der Waals surface area contributed by atoms with Gasteiger partial charge < -0.3 is 4.98 Å². The number of carbonyl (C=O) groups excluding carboxylic acids is 1. The number of aromatic nitrogens is 6. The van der Waals surface area contributed by atoms with Crippen LogP contribution >= 0.6 is 11.3 Å². The summed E-state index contributed by atoms with van der Waals surface area (Å²) in [5.74, 6) is 0.0724. The number of fused-ring (bicyclic) bond motifs is 2. The van der Waals surface area contributed by atoms with E-state index in [0.29, 0.717) is 0 Å². The number of ketones is 1. The Bertz CT molecular complexity index is 1610. The monoisotopic (exact) mass is 436 g/mol. The number of thiophene rings is 1. The Kier molecular flexibility index (Phi) is 4.19. The Morgan fingerprint density at radius 2 is 1.91 bits per heavy atom. The van der Waals surface area contributed by atoms with Crippen molar-refractivity contribution in [1.29, 1.82) is 0 Å². The van der Waals surface area contributed by atoms with E-state index in [1.54, 1.807) is 31.7 Å². The van der Waals surface area contributed by atoms with Crippen LogP contribution in [0.15, 0.2) is 67.3 Å². The van der Waals surface area contributed by atoms with E-state index in [-0.39, 0.29) is 5.78 Å². The molecule has 0 saturated heterocycles. The molecular weight excluding hydrogens is 420 g/mol. The molecule has 8 heteroatoms. The van der Waals surface area contributed by atoms with Crippen molar-refractivity contribution in [3.8, 4) is 33.1 Å². The molecule has 0 radical (unpaired) electrons. The summed E-state index contributed by atoms with van der Waals surface area (Å²) in [7, 11) is 0. The fourth-order valence-corrected chi connectivity index (χ4v) is 4.81. The number of carbonyl (C=O) groups is 1. The maximum atomic E-state index is 11.7. The van der Waals surface area contributed by atoms with Crippen molar-refractivity contribution in [2.45, 2.75) is 6.92 Å². The van der Waals surface area contributed by atoms with E-state index in [9.17, 15) is 4.79 Å². The number of nitrogens with one attached hydrogen (secondary N) is 2. The van der Waals surface area contributed by atoms with Crippen LogP contribution in [0, 0.1) is 0 Å². The third-order valence-corrected chi connectivity index (χ3v) is 6.65. The Morgan fingerprint density at radius 3 is 2.72 bits per heavy atom. The molecule has 0 amide bonds. The summed E-state index contributed by atoms with van der Waals surface area (Å²) in [5, 5.41) is 9.64. The molecule has 1 aromatic carbocycles. The van der Waals surface area contributed by atoms with Crippen molar-refractivity contribution in [3.05, 3.63) is 72.1 Å². The molecule has 0 aliphatic heterocycles. The van der Waals surface area contributed by atoms with Gasteiger partial charge >= 0.3 is 0 Å². The largest absolute Gasteiger partial charge is 0.338 e. The van der Waals surface area contributed by atoms with Crippen LogP contribution in [0.3, 0.4) is 0 Å². The lowest BCUT2D eigenvalue weighted by Gasteiger charge is -2.00. The second kappa shape index (κ2) is 7.21. The second-order valence-electron chi connectivity index (χ2n) is 7.45. The molecule has 7 nitrogen and oxygen atoms in total. The Balaban J connectivity index is 1.49. The van der Waals surface area contributed by atoms with Crippen LogP contribution in [-0.4, -0.2) is 35.9 Å². The van der Waals surface area contributed by atoms with Crippen molar-refractivity contribution in [1.82, 2.24) is 30.1 Å². The van der Waals surface area contributed by atoms with Gasteiger partial charge in [0.25, 0.3) is 0 Å². The van der Waals surface area contributed by atoms with E-state index >= 15 is 0 Å². The molecule has 32 heavy (non-hydrogen) atoms. The molecule has 0 aliphatic carbocycles. The fourth-order valence-electron chi connectivity index (χ4n) is 3.87. The predicted molar refractivity (Wildman–Crippen MR) is 126 cm³/mol. The van der Waals surface area contributed by atoms with Gasteiger partial charge in [0.15, 0.2) is 5.78 Å². The number of hydrogen-bond donors (Lipinski definition) is 2. The molecule has 2 N–H and O–H groups in total. The third-order valence-electron chi connectivity index (χ3n) is 5.43. The van der Waals surface area contributed by atoms with Gasteiger partial charge in [-0.15, -0.1) is 11.3 Å². The first-order chi connectivity index (χ1) is 15.7. The van der Waals surface area contributed by atoms with Crippen molar-refractivity contribution in [3.63, 3.8) is 0 Å². The summed E-state index contributed by atoms with van der Waals surface area (Å²) in [6.45, 7) is 1.59. The minimum atomic E-state index is 0.0724. The summed E-state index contributed by atoms with van der Waals surface area (Å²) >= 11 is 1.49. The lowest BCUT2D eigenvalue weighted by Crippen LogP contribution is -1.84. The van der Waals surface area contributed by atoms with Gasteiger partial charge in [-0.2, -0.15) is 5.10 Å². The summed E-state index contributed by atoms with van der Waals surface area (Å²) in [6, 6.07) is 14.0. The van der Waals surface area contributed by atoms with Crippen LogP contribution in [0.25, 0.3) is 55.0 Å². The number of H-pyrrole nitrogens is 2. The van der Waals surface area contributed by atoms with E-state index in [0.717, 1.165) is 59.9 Å². The average Bonchev–Trinajstić information content (AvgIpc) is 3.56. The van der Waals surface area contributed by atoms with E-state index in [4.69, 9.17) is 0 Å². The van der Waals surface area contributed by atoms with Crippen LogP contribution in [0.4, 0.5) is 0 Å². The normalized spacial score (nSPS) is 11.4. The Labute approximate surface area is 186 Å². The highest BCUT2D eigenvalue weighted by Gasteiger charge is 2.16. The van der Waals surface area contributed by atoms with Crippen molar-refractivity contribution < 1.29 is 4.79 Å². The number of hydrogen-bond acceptors (Lipinski definition) is 6. The summed E-state index contributed by atoms with van der Waals surface area (Å²) < 4.78 is 0. The minimum absolute atomic E-state index is 0.0724. The van der Waals surface area contributed by atoms with Gasteiger partial charge in [-0.1, -0.05) is 6.07 Å². The lowest BCUT2D eigenvalue weighted by atomic mass is 10.1. The smallest absolute Gasteiger partial charge is 0.169 e. The lowest BCUT2D eigenvalue weighted by molar-refractivity contribution is 0.102. The fraction of sp³-hybridized carbons (Fsp3) is 0.0417. The SMILES string of the molecule is CC(=O)c1ccc(-c2ccnc3[nH]c(-c4n[nH]c5ccc(-c6cnccn6)cc45)cc23)s1. The Hall–Kier alpha value is -4.17. The first-order valence-corrected chi connectivity index (χ1v) is 10.8. The number of aromatic amines is 2. The highest BCUT2D eigenvalue weighted by atomic mass is 32.1. The maximum Gasteiger partial charge on any atom is 0.169 e. The zero-order chi connectivity index (χ0) is 21.7. The number of benzene rings is 1. The van der Waals surface area contributed by atoms with E-state index in [2.05, 4.69) is 42.3 Å². The van der Waals surface area contributed by atoms with Gasteiger partial charge in [-0.05, 0) is 43.3 Å². The van der Waals surface area contributed by atoms with E-state index in [1.165, 1.54) is 11.3 Å². The minimum Gasteiger partial charge on any atom is -0.338 e. The number of rotatable bonds is 4. The highest BCUT2D eigenvalue weighted by Crippen LogP contribution is 2.36. The quantitative estimate of drug-likeness (QED) is 0.356. The molecule has 0 fully saturated rings. The second-order valence-corrected chi connectivity index (χ2v) is 8.53. The molecule has 0 atom stereocenters. The molecule has 0 bridgehead atoms.